The summed E-state index contributed by atoms with van der Waals surface area (Å²) in [5, 5.41) is 90.0. The molecule has 14 atom stereocenters. The molecule has 0 spiro atoms. The van der Waals surface area contributed by atoms with Crippen molar-refractivity contribution in [2.75, 3.05) is 18.8 Å². The Labute approximate surface area is 593 Å². The summed E-state index contributed by atoms with van der Waals surface area (Å²) in [5.41, 5.74) is 12.6. The van der Waals surface area contributed by atoms with Crippen molar-refractivity contribution in [1.29, 1.82) is 0 Å². The molecule has 3 aromatic rings. The van der Waals surface area contributed by atoms with Gasteiger partial charge in [-0.3, -0.25) is 67.1 Å². The summed E-state index contributed by atoms with van der Waals surface area (Å²) < 4.78 is 0. The van der Waals surface area contributed by atoms with Crippen LogP contribution < -0.4 is 75.3 Å². The molecule has 0 aliphatic heterocycles. The number of fused-ring (bicyclic) bond motifs is 1. The van der Waals surface area contributed by atoms with Gasteiger partial charge >= 0.3 is 11.9 Å². The van der Waals surface area contributed by atoms with E-state index in [2.05, 4.69) is 81.4 Å². The van der Waals surface area contributed by atoms with Crippen LogP contribution >= 0.6 is 12.6 Å². The number of aliphatic hydroxyl groups is 3. The van der Waals surface area contributed by atoms with Gasteiger partial charge in [-0.25, -0.2) is 4.79 Å². The van der Waals surface area contributed by atoms with Crippen LogP contribution in [0.4, 0.5) is 0 Å². The van der Waals surface area contributed by atoms with Crippen molar-refractivity contribution in [3.05, 3.63) is 65.9 Å². The fourth-order valence-electron chi connectivity index (χ4n) is 10.1. The summed E-state index contributed by atoms with van der Waals surface area (Å²) in [6.07, 6.45) is -6.29. The van der Waals surface area contributed by atoms with E-state index in [0.29, 0.717) is 22.0 Å². The number of aliphatic carboxylic acids is 2. The molecule has 1 heterocycles. The molecule has 3 rings (SSSR count). The van der Waals surface area contributed by atoms with E-state index < -0.39 is 212 Å². The van der Waals surface area contributed by atoms with Crippen LogP contribution in [0, 0.1) is 17.8 Å². The molecule has 564 valence electrons. The molecule has 0 unspecified atom stereocenters. The first-order valence-electron chi connectivity index (χ1n) is 32.8. The van der Waals surface area contributed by atoms with E-state index in [1.54, 1.807) is 58.2 Å². The van der Waals surface area contributed by atoms with E-state index in [4.69, 9.17) is 11.5 Å². The number of amides is 13. The molecule has 0 bridgehead atoms. The van der Waals surface area contributed by atoms with E-state index >= 15 is 0 Å². The van der Waals surface area contributed by atoms with E-state index in [9.17, 15) is 103 Å². The molecule has 1 aromatic heterocycles. The quantitative estimate of drug-likeness (QED) is 0.0235. The van der Waals surface area contributed by atoms with Gasteiger partial charge in [0.2, 0.25) is 76.8 Å². The molecule has 0 aliphatic rings. The molecule has 0 radical (unpaired) electrons. The first-order valence-corrected chi connectivity index (χ1v) is 33.4. The maximum atomic E-state index is 14.6. The number of phenols is 1. The van der Waals surface area contributed by atoms with Gasteiger partial charge in [0.25, 0.3) is 0 Å². The largest absolute Gasteiger partial charge is 0.508 e. The number of carbonyl (C=O) groups is 15. The van der Waals surface area contributed by atoms with Crippen LogP contribution in [0.2, 0.25) is 0 Å². The number of thiol groups is 1. The maximum Gasteiger partial charge on any atom is 0.326 e. The van der Waals surface area contributed by atoms with E-state index in [1.165, 1.54) is 38.1 Å². The number of hydrogen-bond donors (Lipinski definition) is 22. The summed E-state index contributed by atoms with van der Waals surface area (Å²) in [4.78, 5) is 204. The fraction of sp³-hybridized carbons (Fsp3) is 0.554. The molecule has 0 aliphatic carbocycles. The maximum absolute atomic E-state index is 14.6. The lowest BCUT2D eigenvalue weighted by Crippen LogP contribution is -2.63. The first kappa shape index (κ1) is 86.2. The second-order valence-electron chi connectivity index (χ2n) is 25.8. The van der Waals surface area contributed by atoms with Gasteiger partial charge in [-0.15, -0.1) is 0 Å². The van der Waals surface area contributed by atoms with Crippen molar-refractivity contribution in [3.63, 3.8) is 0 Å². The highest BCUT2D eigenvalue weighted by molar-refractivity contribution is 7.80. The number of phenolic OH excluding ortho intramolecular Hbond substituents is 1. The Morgan fingerprint density at radius 1 is 0.480 bits per heavy atom. The smallest absolute Gasteiger partial charge is 0.326 e. The van der Waals surface area contributed by atoms with Crippen molar-refractivity contribution >= 4 is 112 Å². The van der Waals surface area contributed by atoms with E-state index in [1.807, 2.05) is 0 Å². The van der Waals surface area contributed by atoms with E-state index in [0.717, 1.165) is 20.8 Å². The number of nitrogens with one attached hydrogen (secondary N) is 13. The molecule has 36 nitrogen and oxygen atoms in total. The molecule has 23 N–H and O–H groups in total. The number of nitrogens with two attached hydrogens (primary N) is 2. The standard InChI is InChI=1S/C65H97N15O21S/c1-29(2)20-42(72-55(90)39(66)28-102)58(93)75-46(24-50(88)89)60(95)73-44(22-35-14-16-37(84)17-15-35)59(94)74-45(23-36-25-68-40-13-11-10-12-38(36)40)57(92)70-26-48(86)71-41(18-19-47(67)85)56(91)69-27-49(87)77-52(32(7)81)63(98)80-53(33(8)82)62(97)76-43(21-30(3)4)61(96)79-54(34(9)83)64(99)78-51(31(5)6)65(100)101/h10-17,25,29-34,39,41-46,51-54,68,81-84,102H,18-24,26-28,66H2,1-9H3,(H2,67,85)(H,69,91)(H,70,92)(H,71,86)(H,72,90)(H,73,95)(H,74,94)(H,75,93)(H,76,97)(H,77,87)(H,78,99)(H,79,96)(H,80,98)(H,88,89)(H,100,101)/t32-,33-,34-,39+,41+,42+,43+,44+,45+,46+,51+,52+,53+,54+/m1/s1. The topological polar surface area (TPSA) is 590 Å². The molecule has 37 heteroatoms. The van der Waals surface area contributed by atoms with Gasteiger partial charge in [0.15, 0.2) is 0 Å². The third-order valence-corrected chi connectivity index (χ3v) is 16.0. The predicted molar refractivity (Wildman–Crippen MR) is 368 cm³/mol. The lowest BCUT2D eigenvalue weighted by molar-refractivity contribution is -0.144. The monoisotopic (exact) mass is 1460 g/mol. The number of aromatic nitrogens is 1. The summed E-state index contributed by atoms with van der Waals surface area (Å²) in [6, 6.07) is -5.46. The number of H-pyrrole nitrogens is 1. The van der Waals surface area contributed by atoms with Crippen molar-refractivity contribution in [2.24, 2.45) is 29.2 Å². The summed E-state index contributed by atoms with van der Waals surface area (Å²) >= 11 is 4.02. The Bertz CT molecular complexity index is 3440. The minimum atomic E-state index is -1.92. The fourth-order valence-corrected chi connectivity index (χ4v) is 10.3. The zero-order chi connectivity index (χ0) is 77.0. The van der Waals surface area contributed by atoms with Crippen LogP contribution in [-0.4, -0.2) is 228 Å². The zero-order valence-electron chi connectivity index (χ0n) is 58.0. The van der Waals surface area contributed by atoms with Gasteiger partial charge in [0.05, 0.1) is 43.9 Å². The van der Waals surface area contributed by atoms with Gasteiger partial charge < -0.3 is 111 Å². The van der Waals surface area contributed by atoms with Crippen molar-refractivity contribution in [1.82, 2.24) is 68.8 Å². The number of primary amides is 1. The number of aromatic hydroxyl groups is 1. The first-order chi connectivity index (χ1) is 47.7. The Hall–Kier alpha value is -9.98. The number of aromatic amines is 1. The normalized spacial score (nSPS) is 15.4. The number of hydrogen-bond acceptors (Lipinski definition) is 21. The number of carboxylic acid groups (broad SMARTS) is 2. The van der Waals surface area contributed by atoms with Crippen LogP contribution in [0.5, 0.6) is 5.75 Å². The predicted octanol–water partition coefficient (Wildman–Crippen LogP) is -5.29. The second kappa shape index (κ2) is 41.7. The number of para-hydroxylation sites is 1. The average molecular weight is 1460 g/mol. The third kappa shape index (κ3) is 28.9. The Balaban J connectivity index is 1.85. The number of aliphatic hydroxyl groups excluding tert-OH is 3. The highest BCUT2D eigenvalue weighted by Gasteiger charge is 2.39. The third-order valence-electron chi connectivity index (χ3n) is 15.6. The Morgan fingerprint density at radius 3 is 1.39 bits per heavy atom. The van der Waals surface area contributed by atoms with Gasteiger partial charge in [-0.1, -0.05) is 71.9 Å². The van der Waals surface area contributed by atoms with Gasteiger partial charge in [0, 0.05) is 42.1 Å². The molecule has 0 saturated carbocycles. The van der Waals surface area contributed by atoms with Gasteiger partial charge in [-0.05, 0) is 87.1 Å². The minimum Gasteiger partial charge on any atom is -0.508 e. The number of carbonyl (C=O) groups excluding carboxylic acids is 13. The summed E-state index contributed by atoms with van der Waals surface area (Å²) in [6.45, 7) is 11.2. The Kier molecular flexibility index (Phi) is 35.2. The van der Waals surface area contributed by atoms with Crippen molar-refractivity contribution in [3.8, 4) is 5.75 Å². The highest BCUT2D eigenvalue weighted by Crippen LogP contribution is 2.20. The molecule has 13 amide bonds. The van der Waals surface area contributed by atoms with Crippen LogP contribution in [0.25, 0.3) is 10.9 Å². The molecule has 0 saturated heterocycles. The molecular formula is C65H97N15O21S. The van der Waals surface area contributed by atoms with Crippen molar-refractivity contribution < 1.29 is 103 Å². The summed E-state index contributed by atoms with van der Waals surface area (Å²) in [7, 11) is 0. The van der Waals surface area contributed by atoms with Gasteiger partial charge in [-0.2, -0.15) is 12.6 Å². The van der Waals surface area contributed by atoms with E-state index in [-0.39, 0.29) is 49.0 Å². The average Bonchev–Trinajstić information content (AvgIpc) is 1.63. The highest BCUT2D eigenvalue weighted by atomic mass is 32.1. The number of carboxylic acids is 2. The number of rotatable bonds is 43. The second-order valence-corrected chi connectivity index (χ2v) is 26.1. The number of benzene rings is 2. The van der Waals surface area contributed by atoms with Crippen molar-refractivity contribution in [2.45, 2.75) is 192 Å². The van der Waals surface area contributed by atoms with Crippen LogP contribution in [0.3, 0.4) is 0 Å². The zero-order valence-corrected chi connectivity index (χ0v) is 58.9. The van der Waals surface area contributed by atoms with Gasteiger partial charge in [0.1, 0.15) is 66.2 Å². The summed E-state index contributed by atoms with van der Waals surface area (Å²) in [5.74, 6) is -18.2. The molecule has 102 heavy (non-hydrogen) atoms. The van der Waals surface area contributed by atoms with Crippen LogP contribution in [0.15, 0.2) is 54.7 Å². The molecule has 2 aromatic carbocycles. The molecule has 0 fully saturated rings. The SMILES string of the molecule is CC(C)C[C@H](NC(=O)[C@@H](NC(=O)[C@@H](NC(=O)CNC(=O)[C@H](CCC(N)=O)NC(=O)CNC(=O)[C@H](Cc1c[nH]c2ccccc12)NC(=O)[C@H](Cc1ccc(O)cc1)NC(=O)[C@H](CC(=O)O)NC(=O)[C@H](CC(C)C)NC(=O)[C@@H](N)CS)[C@@H](C)O)[C@@H](C)O)C(=O)N[C@H](C(=O)N[C@H](C(=O)O)C(C)C)[C@@H](C)O. The molecular weight excluding hydrogens is 1360 g/mol. The minimum absolute atomic E-state index is 0.0226. The lowest BCUT2D eigenvalue weighted by atomic mass is 10.0. The van der Waals surface area contributed by atoms with Crippen LogP contribution in [-0.2, 0) is 84.8 Å². The lowest BCUT2D eigenvalue weighted by Gasteiger charge is -2.29. The Morgan fingerprint density at radius 2 is 0.902 bits per heavy atom. The van der Waals surface area contributed by atoms with Crippen LogP contribution in [0.1, 0.15) is 106 Å².